The van der Waals surface area contributed by atoms with Crippen molar-refractivity contribution in [1.82, 2.24) is 10.6 Å². The summed E-state index contributed by atoms with van der Waals surface area (Å²) in [5, 5.41) is 7.17. The second kappa shape index (κ2) is 6.94. The maximum atomic E-state index is 12.5. The van der Waals surface area contributed by atoms with Crippen LogP contribution in [-0.4, -0.2) is 29.9 Å². The summed E-state index contributed by atoms with van der Waals surface area (Å²) in [5.74, 6) is 1.25. The van der Waals surface area contributed by atoms with Gasteiger partial charge in [0.1, 0.15) is 5.54 Å². The van der Waals surface area contributed by atoms with Crippen molar-refractivity contribution in [2.45, 2.75) is 5.54 Å². The number of benzene rings is 2. The Balaban J connectivity index is 1.66. The molecule has 4 nitrogen and oxygen atoms in total. The van der Waals surface area contributed by atoms with E-state index in [2.05, 4.69) is 38.7 Å². The highest BCUT2D eigenvalue weighted by atomic mass is 79.9. The summed E-state index contributed by atoms with van der Waals surface area (Å²) in [6, 6.07) is 17.6. The van der Waals surface area contributed by atoms with E-state index in [1.54, 1.807) is 11.8 Å². The van der Waals surface area contributed by atoms with Crippen molar-refractivity contribution < 1.29 is 4.79 Å². The van der Waals surface area contributed by atoms with E-state index in [9.17, 15) is 4.79 Å². The normalized spacial score (nSPS) is 25.2. The Morgan fingerprint density at radius 1 is 1.24 bits per heavy atom. The number of amidine groups is 1. The Morgan fingerprint density at radius 3 is 2.88 bits per heavy atom. The first-order valence-corrected chi connectivity index (χ1v) is 10.0. The molecule has 0 saturated carbocycles. The number of fused-ring (bicyclic) bond motifs is 1. The quantitative estimate of drug-likeness (QED) is 0.789. The molecule has 2 heterocycles. The SMILES string of the molecule is O=C(NC1=NC2(c3cccc(Br)c3)CNC[C@H]2CS1)c1ccccc1. The van der Waals surface area contributed by atoms with Gasteiger partial charge >= 0.3 is 0 Å². The molecule has 2 aromatic rings. The molecule has 0 bridgehead atoms. The first kappa shape index (κ1) is 16.8. The molecular weight excluding hydrogens is 398 g/mol. The lowest BCUT2D eigenvalue weighted by atomic mass is 9.82. The van der Waals surface area contributed by atoms with Crippen LogP contribution in [0.3, 0.4) is 0 Å². The molecule has 0 spiro atoms. The van der Waals surface area contributed by atoms with Gasteiger partial charge in [0.05, 0.1) is 0 Å². The van der Waals surface area contributed by atoms with Crippen molar-refractivity contribution in [2.75, 3.05) is 18.8 Å². The number of hydrogen-bond donors (Lipinski definition) is 2. The van der Waals surface area contributed by atoms with Crippen molar-refractivity contribution in [2.24, 2.45) is 10.9 Å². The van der Waals surface area contributed by atoms with Crippen molar-refractivity contribution in [3.8, 4) is 0 Å². The molecule has 2 aromatic carbocycles. The monoisotopic (exact) mass is 415 g/mol. The topological polar surface area (TPSA) is 53.5 Å². The number of amides is 1. The molecule has 2 atom stereocenters. The van der Waals surface area contributed by atoms with E-state index in [4.69, 9.17) is 4.99 Å². The van der Waals surface area contributed by atoms with Crippen molar-refractivity contribution in [3.05, 3.63) is 70.2 Å². The minimum Gasteiger partial charge on any atom is -0.314 e. The summed E-state index contributed by atoms with van der Waals surface area (Å²) in [6.45, 7) is 1.74. The van der Waals surface area contributed by atoms with Crippen LogP contribution in [0.15, 0.2) is 64.1 Å². The van der Waals surface area contributed by atoms with Gasteiger partial charge in [-0.3, -0.25) is 4.79 Å². The van der Waals surface area contributed by atoms with Gasteiger partial charge in [0, 0.05) is 34.8 Å². The molecule has 1 saturated heterocycles. The lowest BCUT2D eigenvalue weighted by molar-refractivity contribution is 0.0977. The molecule has 2 aliphatic rings. The van der Waals surface area contributed by atoms with Crippen LogP contribution in [-0.2, 0) is 5.54 Å². The highest BCUT2D eigenvalue weighted by Gasteiger charge is 2.47. The van der Waals surface area contributed by atoms with Gasteiger partial charge in [0.25, 0.3) is 5.91 Å². The van der Waals surface area contributed by atoms with E-state index in [1.165, 1.54) is 5.56 Å². The molecule has 25 heavy (non-hydrogen) atoms. The number of carbonyl (C=O) groups excluding carboxylic acids is 1. The van der Waals surface area contributed by atoms with Gasteiger partial charge in [-0.25, -0.2) is 4.99 Å². The predicted molar refractivity (Wildman–Crippen MR) is 106 cm³/mol. The number of rotatable bonds is 2. The van der Waals surface area contributed by atoms with Crippen LogP contribution in [0.25, 0.3) is 0 Å². The lowest BCUT2D eigenvalue weighted by Crippen LogP contribution is -2.42. The molecule has 1 unspecified atom stereocenters. The number of carbonyl (C=O) groups is 1. The zero-order valence-corrected chi connectivity index (χ0v) is 15.9. The molecule has 0 radical (unpaired) electrons. The van der Waals surface area contributed by atoms with E-state index in [0.717, 1.165) is 23.3 Å². The predicted octanol–water partition coefficient (Wildman–Crippen LogP) is 3.40. The molecule has 1 amide bonds. The molecule has 1 fully saturated rings. The first-order chi connectivity index (χ1) is 12.2. The number of hydrogen-bond acceptors (Lipinski definition) is 4. The Bertz CT molecular complexity index is 826. The fourth-order valence-corrected chi connectivity index (χ4v) is 5.00. The summed E-state index contributed by atoms with van der Waals surface area (Å²) < 4.78 is 1.05. The fourth-order valence-electron chi connectivity index (χ4n) is 3.45. The van der Waals surface area contributed by atoms with Crippen molar-refractivity contribution in [3.63, 3.8) is 0 Å². The largest absolute Gasteiger partial charge is 0.314 e. The number of nitrogens with one attached hydrogen (secondary N) is 2. The second-order valence-electron chi connectivity index (χ2n) is 6.31. The van der Waals surface area contributed by atoms with Crippen molar-refractivity contribution >= 4 is 38.8 Å². The highest BCUT2D eigenvalue weighted by molar-refractivity contribution is 9.10. The average molecular weight is 416 g/mol. The zero-order chi connectivity index (χ0) is 17.3. The number of thioether (sulfide) groups is 1. The Morgan fingerprint density at radius 2 is 2.08 bits per heavy atom. The number of halogens is 1. The number of nitrogens with zero attached hydrogens (tertiary/aromatic N) is 1. The summed E-state index contributed by atoms with van der Waals surface area (Å²) in [5.41, 5.74) is 1.52. The zero-order valence-electron chi connectivity index (χ0n) is 13.5. The van der Waals surface area contributed by atoms with Crippen LogP contribution >= 0.6 is 27.7 Å². The van der Waals surface area contributed by atoms with Gasteiger partial charge < -0.3 is 10.6 Å². The van der Waals surface area contributed by atoms with Crippen LogP contribution in [0.1, 0.15) is 15.9 Å². The van der Waals surface area contributed by atoms with Crippen LogP contribution in [0, 0.1) is 5.92 Å². The standard InChI is InChI=1S/C19H18BrN3OS/c20-16-8-4-7-14(9-16)19-12-21-10-15(19)11-25-18(23-19)22-17(24)13-5-2-1-3-6-13/h1-9,15,21H,10-12H2,(H,22,23,24)/t15-,19?/m0/s1. The molecule has 2 N–H and O–H groups in total. The van der Waals surface area contributed by atoms with Gasteiger partial charge in [-0.1, -0.05) is 58.0 Å². The Hall–Kier alpha value is -1.63. The number of aliphatic imine (C=N–C) groups is 1. The summed E-state index contributed by atoms with van der Waals surface area (Å²) >= 11 is 5.19. The van der Waals surface area contributed by atoms with E-state index in [1.807, 2.05) is 42.5 Å². The summed E-state index contributed by atoms with van der Waals surface area (Å²) in [6.07, 6.45) is 0. The van der Waals surface area contributed by atoms with Gasteiger partial charge in [0.2, 0.25) is 0 Å². The maximum absolute atomic E-state index is 12.5. The van der Waals surface area contributed by atoms with Crippen LogP contribution in [0.2, 0.25) is 0 Å². The average Bonchev–Trinajstić information content (AvgIpc) is 3.07. The summed E-state index contributed by atoms with van der Waals surface area (Å²) in [4.78, 5) is 17.5. The van der Waals surface area contributed by atoms with E-state index < -0.39 is 0 Å². The van der Waals surface area contributed by atoms with Crippen LogP contribution < -0.4 is 10.6 Å². The minimum atomic E-state index is -0.311. The maximum Gasteiger partial charge on any atom is 0.257 e. The molecule has 128 valence electrons. The van der Waals surface area contributed by atoms with E-state index in [0.29, 0.717) is 16.6 Å². The highest BCUT2D eigenvalue weighted by Crippen LogP contribution is 2.43. The molecular formula is C19H18BrN3OS. The van der Waals surface area contributed by atoms with Gasteiger partial charge in [-0.15, -0.1) is 0 Å². The van der Waals surface area contributed by atoms with Gasteiger partial charge in [-0.05, 0) is 29.8 Å². The third kappa shape index (κ3) is 3.26. The Labute approximate surface area is 159 Å². The Kier molecular flexibility index (Phi) is 4.67. The molecule has 2 aliphatic heterocycles. The van der Waals surface area contributed by atoms with Gasteiger partial charge in [-0.2, -0.15) is 0 Å². The minimum absolute atomic E-state index is 0.111. The summed E-state index contributed by atoms with van der Waals surface area (Å²) in [7, 11) is 0. The lowest BCUT2D eigenvalue weighted by Gasteiger charge is -2.35. The third-order valence-corrected chi connectivity index (χ3v) is 6.29. The molecule has 4 rings (SSSR count). The van der Waals surface area contributed by atoms with E-state index in [-0.39, 0.29) is 11.4 Å². The van der Waals surface area contributed by atoms with Crippen LogP contribution in [0.4, 0.5) is 0 Å². The van der Waals surface area contributed by atoms with E-state index >= 15 is 0 Å². The second-order valence-corrected chi connectivity index (χ2v) is 8.23. The molecule has 6 heteroatoms. The molecule has 0 aromatic heterocycles. The molecule has 0 aliphatic carbocycles. The van der Waals surface area contributed by atoms with Crippen molar-refractivity contribution in [1.29, 1.82) is 0 Å². The third-order valence-electron chi connectivity index (χ3n) is 4.76. The first-order valence-electron chi connectivity index (χ1n) is 8.23. The van der Waals surface area contributed by atoms with Gasteiger partial charge in [0.15, 0.2) is 5.17 Å². The fraction of sp³-hybridized carbons (Fsp3) is 0.263. The van der Waals surface area contributed by atoms with Crippen LogP contribution in [0.5, 0.6) is 0 Å². The smallest absolute Gasteiger partial charge is 0.257 e.